The Bertz CT molecular complexity index is 722. The predicted molar refractivity (Wildman–Crippen MR) is 111 cm³/mol. The summed E-state index contributed by atoms with van der Waals surface area (Å²) in [6.07, 6.45) is 8.00. The second kappa shape index (κ2) is 10.6. The molecule has 0 saturated heterocycles. The van der Waals surface area contributed by atoms with E-state index < -0.39 is 4.87 Å². The van der Waals surface area contributed by atoms with Crippen LogP contribution in [0.2, 0.25) is 5.02 Å². The first kappa shape index (κ1) is 20.8. The maximum absolute atomic E-state index is 7.14. The number of hydrogen-bond acceptors (Lipinski definition) is 0. The Labute approximate surface area is 161 Å². The minimum absolute atomic E-state index is 0.667. The summed E-state index contributed by atoms with van der Waals surface area (Å²) in [5.41, 5.74) is 2.91. The molecule has 3 aromatic rings. The van der Waals surface area contributed by atoms with Gasteiger partial charge in [-0.3, -0.25) is 0 Å². The molecule has 0 N–H and O–H groups in total. The van der Waals surface area contributed by atoms with E-state index in [2.05, 4.69) is 12.8 Å². The molecule has 0 fully saturated rings. The molecule has 0 radical (unpaired) electrons. The quantitative estimate of drug-likeness (QED) is 0.261. The fourth-order valence-electron chi connectivity index (χ4n) is 2.55. The van der Waals surface area contributed by atoms with Gasteiger partial charge in [-0.05, 0) is 17.2 Å². The highest BCUT2D eigenvalue weighted by Crippen LogP contribution is 2.45. The van der Waals surface area contributed by atoms with Gasteiger partial charge >= 0.3 is 0 Å². The predicted octanol–water partition coefficient (Wildman–Crippen LogP) is 7.15. The molecule has 0 nitrogen and oxygen atoms in total. The van der Waals surface area contributed by atoms with Crippen LogP contribution < -0.4 is 0 Å². The van der Waals surface area contributed by atoms with Crippen molar-refractivity contribution in [1.82, 2.24) is 0 Å². The van der Waals surface area contributed by atoms with Crippen molar-refractivity contribution in [2.45, 2.75) is 18.7 Å². The highest BCUT2D eigenvalue weighted by atomic mass is 35.5. The van der Waals surface area contributed by atoms with Gasteiger partial charge in [0, 0.05) is 10.6 Å². The van der Waals surface area contributed by atoms with Crippen LogP contribution >= 0.6 is 23.2 Å². The largest absolute Gasteiger partial charge is 0.124 e. The van der Waals surface area contributed by atoms with Crippen molar-refractivity contribution in [3.05, 3.63) is 107 Å². The summed E-state index contributed by atoms with van der Waals surface area (Å²) in [7, 11) is 0. The highest BCUT2D eigenvalue weighted by molar-refractivity contribution is 6.34. The summed E-state index contributed by atoms with van der Waals surface area (Å²) in [6, 6.07) is 27.8. The van der Waals surface area contributed by atoms with Crippen LogP contribution in [0.1, 0.15) is 30.5 Å². The molecule has 0 saturated carbocycles. The lowest BCUT2D eigenvalue weighted by molar-refractivity contribution is 0.880. The molecular weight excluding hydrogens is 347 g/mol. The Balaban J connectivity index is 0.000000730. The molecular formula is C23H22Cl2. The molecule has 0 atom stereocenters. The van der Waals surface area contributed by atoms with E-state index in [1.165, 1.54) is 0 Å². The Kier molecular flexibility index (Phi) is 8.86. The third-order valence-electron chi connectivity index (χ3n) is 3.59. The van der Waals surface area contributed by atoms with Crippen LogP contribution in [-0.4, -0.2) is 0 Å². The third kappa shape index (κ3) is 4.67. The minimum atomic E-state index is -0.791. The van der Waals surface area contributed by atoms with Gasteiger partial charge in [0.2, 0.25) is 0 Å². The first-order valence-electron chi connectivity index (χ1n) is 8.11. The molecule has 0 bridgehead atoms. The molecule has 3 rings (SSSR count). The van der Waals surface area contributed by atoms with E-state index in [9.17, 15) is 0 Å². The zero-order chi connectivity index (χ0) is 18.7. The van der Waals surface area contributed by atoms with Gasteiger partial charge in [-0.25, -0.2) is 0 Å². The second-order valence-electron chi connectivity index (χ2n) is 4.87. The Morgan fingerprint density at radius 1 is 0.640 bits per heavy atom. The summed E-state index contributed by atoms with van der Waals surface area (Å²) in [6.45, 7) is 4.00. The molecule has 0 aromatic heterocycles. The molecule has 3 aromatic carbocycles. The van der Waals surface area contributed by atoms with Crippen LogP contribution in [0.4, 0.5) is 0 Å². The van der Waals surface area contributed by atoms with Crippen LogP contribution in [0.15, 0.2) is 84.9 Å². The lowest BCUT2D eigenvalue weighted by Crippen LogP contribution is -2.22. The Hall–Kier alpha value is -2.20. The maximum Gasteiger partial charge on any atom is 0.121 e. The van der Waals surface area contributed by atoms with Gasteiger partial charge in [0.15, 0.2) is 0 Å². The molecule has 0 spiro atoms. The van der Waals surface area contributed by atoms with Crippen LogP contribution in [0, 0.1) is 12.8 Å². The number of alkyl halides is 1. The normalized spacial score (nSPS) is 9.84. The Morgan fingerprint density at radius 2 is 1.00 bits per heavy atom. The smallest absolute Gasteiger partial charge is 0.121 e. The number of rotatable bonds is 3. The second-order valence-corrected chi connectivity index (χ2v) is 5.84. The van der Waals surface area contributed by atoms with Gasteiger partial charge in [0.05, 0.1) is 0 Å². The van der Waals surface area contributed by atoms with Gasteiger partial charge in [-0.15, -0.1) is 24.4 Å². The summed E-state index contributed by atoms with van der Waals surface area (Å²) in [4.78, 5) is -0.791. The first-order valence-corrected chi connectivity index (χ1v) is 8.87. The van der Waals surface area contributed by atoms with E-state index >= 15 is 0 Å². The summed E-state index contributed by atoms with van der Waals surface area (Å²) >= 11 is 13.6. The maximum atomic E-state index is 7.14. The standard InChI is InChI=1S/C19H14Cl2.C2H6.C2H2/c20-18-14-8-7-13-17(18)19(21,15-9-3-1-4-10-15)16-11-5-2-6-12-16;2*1-2/h1-14H;1-2H3;1-2H. The zero-order valence-corrected chi connectivity index (χ0v) is 16.0. The fraction of sp³-hybridized carbons (Fsp3) is 0.130. The number of hydrogen-bond donors (Lipinski definition) is 0. The number of terminal acetylenes is 1. The molecule has 128 valence electrons. The minimum Gasteiger partial charge on any atom is -0.124 e. The van der Waals surface area contributed by atoms with E-state index in [4.69, 9.17) is 23.2 Å². The van der Waals surface area contributed by atoms with Gasteiger partial charge in [0.25, 0.3) is 0 Å². The lowest BCUT2D eigenvalue weighted by Gasteiger charge is -2.30. The Morgan fingerprint density at radius 3 is 1.40 bits per heavy atom. The molecule has 0 unspecified atom stereocenters. The van der Waals surface area contributed by atoms with Crippen molar-refractivity contribution < 1.29 is 0 Å². The molecule has 0 heterocycles. The highest BCUT2D eigenvalue weighted by Gasteiger charge is 2.35. The molecule has 0 aliphatic rings. The average Bonchev–Trinajstić information content (AvgIpc) is 2.72. The third-order valence-corrected chi connectivity index (χ3v) is 4.56. The van der Waals surface area contributed by atoms with Gasteiger partial charge in [0.1, 0.15) is 4.87 Å². The van der Waals surface area contributed by atoms with Crippen LogP contribution in [0.3, 0.4) is 0 Å². The SMILES string of the molecule is C#C.CC.Clc1ccccc1C(Cl)(c1ccccc1)c1ccccc1. The van der Waals surface area contributed by atoms with Crippen LogP contribution in [-0.2, 0) is 4.87 Å². The van der Waals surface area contributed by atoms with Crippen LogP contribution in [0.25, 0.3) is 0 Å². The molecule has 0 aliphatic carbocycles. The van der Waals surface area contributed by atoms with Crippen molar-refractivity contribution in [3.8, 4) is 12.8 Å². The van der Waals surface area contributed by atoms with E-state index in [0.29, 0.717) is 5.02 Å². The van der Waals surface area contributed by atoms with E-state index in [-0.39, 0.29) is 0 Å². The summed E-state index contributed by atoms with van der Waals surface area (Å²) < 4.78 is 0. The lowest BCUT2D eigenvalue weighted by atomic mass is 9.84. The monoisotopic (exact) mass is 368 g/mol. The summed E-state index contributed by atoms with van der Waals surface area (Å²) in [5.74, 6) is 0. The molecule has 2 heteroatoms. The molecule has 25 heavy (non-hydrogen) atoms. The fourth-order valence-corrected chi connectivity index (χ4v) is 3.30. The topological polar surface area (TPSA) is 0 Å². The van der Waals surface area contributed by atoms with Crippen LogP contribution in [0.5, 0.6) is 0 Å². The van der Waals surface area contributed by atoms with E-state index in [1.807, 2.05) is 98.8 Å². The van der Waals surface area contributed by atoms with Crippen molar-refractivity contribution in [2.24, 2.45) is 0 Å². The molecule has 0 aliphatic heterocycles. The van der Waals surface area contributed by atoms with E-state index in [1.54, 1.807) is 0 Å². The molecule has 0 amide bonds. The number of benzene rings is 3. The van der Waals surface area contributed by atoms with Gasteiger partial charge < -0.3 is 0 Å². The van der Waals surface area contributed by atoms with Gasteiger partial charge in [-0.2, -0.15) is 0 Å². The van der Waals surface area contributed by atoms with E-state index in [0.717, 1.165) is 16.7 Å². The van der Waals surface area contributed by atoms with Crippen molar-refractivity contribution in [1.29, 1.82) is 0 Å². The van der Waals surface area contributed by atoms with Crippen molar-refractivity contribution in [2.75, 3.05) is 0 Å². The van der Waals surface area contributed by atoms with Crippen molar-refractivity contribution >= 4 is 23.2 Å². The average molecular weight is 369 g/mol. The summed E-state index contributed by atoms with van der Waals surface area (Å²) in [5, 5.41) is 0.667. The first-order chi connectivity index (χ1) is 12.2. The number of halogens is 2. The van der Waals surface area contributed by atoms with Gasteiger partial charge in [-0.1, -0.05) is 104 Å². The van der Waals surface area contributed by atoms with Crippen molar-refractivity contribution in [3.63, 3.8) is 0 Å². The zero-order valence-electron chi connectivity index (χ0n) is 14.5.